The standard InChI is InChI=1S/C11H12FN3/c1-7-3-4-8(12)5-9(7)10-6-14-15(2)11(10)13/h3-6H,13H2,1-2H3. The second-order valence-electron chi connectivity index (χ2n) is 3.53. The number of aromatic nitrogens is 2. The van der Waals surface area contributed by atoms with E-state index in [0.29, 0.717) is 5.82 Å². The van der Waals surface area contributed by atoms with Gasteiger partial charge < -0.3 is 5.73 Å². The van der Waals surface area contributed by atoms with Crippen LogP contribution in [-0.2, 0) is 7.05 Å². The van der Waals surface area contributed by atoms with Crippen molar-refractivity contribution in [3.8, 4) is 11.1 Å². The van der Waals surface area contributed by atoms with Gasteiger partial charge in [0.25, 0.3) is 0 Å². The van der Waals surface area contributed by atoms with Gasteiger partial charge in [-0.3, -0.25) is 4.68 Å². The molecule has 78 valence electrons. The van der Waals surface area contributed by atoms with E-state index in [1.165, 1.54) is 12.1 Å². The van der Waals surface area contributed by atoms with Crippen LogP contribution in [0.5, 0.6) is 0 Å². The lowest BCUT2D eigenvalue weighted by Crippen LogP contribution is -1.98. The zero-order chi connectivity index (χ0) is 11.0. The Bertz CT molecular complexity index is 503. The molecule has 2 rings (SSSR count). The van der Waals surface area contributed by atoms with Crippen LogP contribution in [0, 0.1) is 12.7 Å². The maximum Gasteiger partial charge on any atom is 0.129 e. The Morgan fingerprint density at radius 1 is 1.33 bits per heavy atom. The summed E-state index contributed by atoms with van der Waals surface area (Å²) in [4.78, 5) is 0. The van der Waals surface area contributed by atoms with Gasteiger partial charge in [-0.1, -0.05) is 6.07 Å². The summed E-state index contributed by atoms with van der Waals surface area (Å²) >= 11 is 0. The molecule has 0 fully saturated rings. The predicted octanol–water partition coefficient (Wildman–Crippen LogP) is 2.12. The van der Waals surface area contributed by atoms with Crippen molar-refractivity contribution in [1.82, 2.24) is 9.78 Å². The van der Waals surface area contributed by atoms with Crippen molar-refractivity contribution in [3.63, 3.8) is 0 Å². The molecular weight excluding hydrogens is 193 g/mol. The zero-order valence-corrected chi connectivity index (χ0v) is 8.66. The predicted molar refractivity (Wildman–Crippen MR) is 57.8 cm³/mol. The van der Waals surface area contributed by atoms with Gasteiger partial charge in [-0.25, -0.2) is 4.39 Å². The highest BCUT2D eigenvalue weighted by molar-refractivity contribution is 5.75. The number of benzene rings is 1. The van der Waals surface area contributed by atoms with Crippen LogP contribution in [0.15, 0.2) is 24.4 Å². The molecule has 1 aromatic heterocycles. The van der Waals surface area contributed by atoms with Gasteiger partial charge in [0.1, 0.15) is 11.6 Å². The van der Waals surface area contributed by atoms with Crippen molar-refractivity contribution < 1.29 is 4.39 Å². The van der Waals surface area contributed by atoms with E-state index >= 15 is 0 Å². The van der Waals surface area contributed by atoms with E-state index in [4.69, 9.17) is 5.73 Å². The summed E-state index contributed by atoms with van der Waals surface area (Å²) < 4.78 is 14.7. The summed E-state index contributed by atoms with van der Waals surface area (Å²) in [6.45, 7) is 1.92. The number of anilines is 1. The van der Waals surface area contributed by atoms with Gasteiger partial charge >= 0.3 is 0 Å². The number of hydrogen-bond acceptors (Lipinski definition) is 2. The fraction of sp³-hybridized carbons (Fsp3) is 0.182. The van der Waals surface area contributed by atoms with Crippen LogP contribution in [-0.4, -0.2) is 9.78 Å². The highest BCUT2D eigenvalue weighted by atomic mass is 19.1. The molecule has 0 atom stereocenters. The van der Waals surface area contributed by atoms with Crippen molar-refractivity contribution in [2.75, 3.05) is 5.73 Å². The minimum absolute atomic E-state index is 0.265. The van der Waals surface area contributed by atoms with Crippen LogP contribution in [0.1, 0.15) is 5.56 Å². The lowest BCUT2D eigenvalue weighted by atomic mass is 10.0. The fourth-order valence-electron chi connectivity index (χ4n) is 1.54. The monoisotopic (exact) mass is 205 g/mol. The number of nitrogens with two attached hydrogens (primary N) is 1. The molecule has 1 heterocycles. The summed E-state index contributed by atoms with van der Waals surface area (Å²) in [6.07, 6.45) is 1.65. The fourth-order valence-corrected chi connectivity index (χ4v) is 1.54. The van der Waals surface area contributed by atoms with Gasteiger partial charge in [0.15, 0.2) is 0 Å². The van der Waals surface area contributed by atoms with Crippen molar-refractivity contribution in [2.45, 2.75) is 6.92 Å². The Kier molecular flexibility index (Phi) is 2.19. The average molecular weight is 205 g/mol. The molecule has 0 aliphatic heterocycles. The molecule has 2 N–H and O–H groups in total. The van der Waals surface area contributed by atoms with E-state index in [0.717, 1.165) is 16.7 Å². The third kappa shape index (κ3) is 1.58. The van der Waals surface area contributed by atoms with Gasteiger partial charge in [-0.05, 0) is 30.2 Å². The summed E-state index contributed by atoms with van der Waals surface area (Å²) in [5.74, 6) is 0.280. The summed E-state index contributed by atoms with van der Waals surface area (Å²) in [6, 6.07) is 4.64. The van der Waals surface area contributed by atoms with E-state index in [1.807, 2.05) is 6.92 Å². The third-order valence-corrected chi connectivity index (χ3v) is 2.47. The van der Waals surface area contributed by atoms with Gasteiger partial charge in [0.2, 0.25) is 0 Å². The largest absolute Gasteiger partial charge is 0.383 e. The minimum atomic E-state index is -0.265. The number of nitrogen functional groups attached to an aromatic ring is 1. The van der Waals surface area contributed by atoms with Crippen LogP contribution in [0.4, 0.5) is 10.2 Å². The summed E-state index contributed by atoms with van der Waals surface area (Å²) in [5.41, 5.74) is 8.38. The average Bonchev–Trinajstić information content (AvgIpc) is 2.52. The van der Waals surface area contributed by atoms with Crippen LogP contribution in [0.2, 0.25) is 0 Å². The van der Waals surface area contributed by atoms with Gasteiger partial charge in [0, 0.05) is 12.6 Å². The zero-order valence-electron chi connectivity index (χ0n) is 8.66. The Morgan fingerprint density at radius 2 is 2.07 bits per heavy atom. The Hall–Kier alpha value is -1.84. The molecule has 0 spiro atoms. The van der Waals surface area contributed by atoms with Gasteiger partial charge in [0.05, 0.1) is 6.20 Å². The molecule has 0 saturated carbocycles. The molecule has 0 saturated heterocycles. The molecular formula is C11H12FN3. The number of rotatable bonds is 1. The number of nitrogens with zero attached hydrogens (tertiary/aromatic N) is 2. The van der Waals surface area contributed by atoms with Crippen molar-refractivity contribution in [1.29, 1.82) is 0 Å². The number of aryl methyl sites for hydroxylation is 2. The lowest BCUT2D eigenvalue weighted by molar-refractivity contribution is 0.628. The molecule has 0 aliphatic rings. The van der Waals surface area contributed by atoms with Gasteiger partial charge in [-0.2, -0.15) is 5.10 Å². The smallest absolute Gasteiger partial charge is 0.129 e. The lowest BCUT2D eigenvalue weighted by Gasteiger charge is -2.04. The third-order valence-electron chi connectivity index (χ3n) is 2.47. The topological polar surface area (TPSA) is 43.8 Å². The first-order valence-corrected chi connectivity index (χ1v) is 4.63. The maximum absolute atomic E-state index is 13.1. The first kappa shape index (κ1) is 9.71. The van der Waals surface area contributed by atoms with E-state index in [-0.39, 0.29) is 5.82 Å². The first-order valence-electron chi connectivity index (χ1n) is 4.63. The molecule has 0 unspecified atom stereocenters. The molecule has 1 aromatic carbocycles. The summed E-state index contributed by atoms with van der Waals surface area (Å²) in [7, 11) is 1.76. The Labute approximate surface area is 87.3 Å². The number of halogens is 1. The molecule has 4 heteroatoms. The highest BCUT2D eigenvalue weighted by Crippen LogP contribution is 2.28. The normalized spacial score (nSPS) is 10.6. The molecule has 0 aliphatic carbocycles. The Balaban J connectivity index is 2.63. The first-order chi connectivity index (χ1) is 7.09. The second kappa shape index (κ2) is 3.38. The van der Waals surface area contributed by atoms with Crippen molar-refractivity contribution in [3.05, 3.63) is 35.8 Å². The van der Waals surface area contributed by atoms with Crippen LogP contribution in [0.25, 0.3) is 11.1 Å². The maximum atomic E-state index is 13.1. The molecule has 15 heavy (non-hydrogen) atoms. The van der Waals surface area contributed by atoms with Crippen molar-refractivity contribution in [2.24, 2.45) is 7.05 Å². The van der Waals surface area contributed by atoms with E-state index in [1.54, 1.807) is 24.0 Å². The molecule has 0 radical (unpaired) electrons. The van der Waals surface area contributed by atoms with Gasteiger partial charge in [-0.15, -0.1) is 0 Å². The van der Waals surface area contributed by atoms with E-state index in [2.05, 4.69) is 5.10 Å². The quantitative estimate of drug-likeness (QED) is 0.774. The van der Waals surface area contributed by atoms with Crippen LogP contribution >= 0.6 is 0 Å². The molecule has 3 nitrogen and oxygen atoms in total. The van der Waals surface area contributed by atoms with Crippen LogP contribution in [0.3, 0.4) is 0 Å². The van der Waals surface area contributed by atoms with E-state index < -0.39 is 0 Å². The van der Waals surface area contributed by atoms with Crippen molar-refractivity contribution >= 4 is 5.82 Å². The second-order valence-corrected chi connectivity index (χ2v) is 3.53. The molecule has 2 aromatic rings. The Morgan fingerprint density at radius 3 is 2.67 bits per heavy atom. The molecule has 0 amide bonds. The SMILES string of the molecule is Cc1ccc(F)cc1-c1cnn(C)c1N. The minimum Gasteiger partial charge on any atom is -0.383 e. The van der Waals surface area contributed by atoms with E-state index in [9.17, 15) is 4.39 Å². The molecule has 0 bridgehead atoms. The highest BCUT2D eigenvalue weighted by Gasteiger charge is 2.10. The van der Waals surface area contributed by atoms with Crippen LogP contribution < -0.4 is 5.73 Å². The summed E-state index contributed by atoms with van der Waals surface area (Å²) in [5, 5.41) is 4.03. The number of hydrogen-bond donors (Lipinski definition) is 1.